The SMILES string of the molecule is NC(c1ccc(C(F)(F)F)cc1)c1cccc(Cl)c1. The largest absolute Gasteiger partial charge is 0.416 e. The number of benzene rings is 2. The molecule has 0 radical (unpaired) electrons. The standard InChI is InChI=1S/C14H11ClF3N/c15-12-3-1-2-10(8-12)13(19)9-4-6-11(7-5-9)14(16,17)18/h1-8,13H,19H2. The highest BCUT2D eigenvalue weighted by Crippen LogP contribution is 2.30. The summed E-state index contributed by atoms with van der Waals surface area (Å²) in [5.41, 5.74) is 6.68. The minimum Gasteiger partial charge on any atom is -0.320 e. The van der Waals surface area contributed by atoms with Gasteiger partial charge in [0, 0.05) is 5.02 Å². The second-order valence-electron chi connectivity index (χ2n) is 4.15. The summed E-state index contributed by atoms with van der Waals surface area (Å²) in [5.74, 6) is 0. The normalized spacial score (nSPS) is 13.3. The molecule has 2 aromatic rings. The lowest BCUT2D eigenvalue weighted by molar-refractivity contribution is -0.137. The minimum absolute atomic E-state index is 0.499. The maximum Gasteiger partial charge on any atom is 0.416 e. The molecule has 100 valence electrons. The van der Waals surface area contributed by atoms with Gasteiger partial charge in [-0.05, 0) is 35.4 Å². The second kappa shape index (κ2) is 5.23. The average molecular weight is 286 g/mol. The number of hydrogen-bond donors (Lipinski definition) is 1. The third kappa shape index (κ3) is 3.28. The summed E-state index contributed by atoms with van der Waals surface area (Å²) in [5, 5.41) is 0.542. The smallest absolute Gasteiger partial charge is 0.320 e. The Balaban J connectivity index is 2.27. The highest BCUT2D eigenvalue weighted by Gasteiger charge is 2.30. The van der Waals surface area contributed by atoms with Crippen LogP contribution in [0, 0.1) is 0 Å². The van der Waals surface area contributed by atoms with Crippen LogP contribution in [0.1, 0.15) is 22.7 Å². The summed E-state index contributed by atoms with van der Waals surface area (Å²) < 4.78 is 37.3. The molecule has 0 amide bonds. The molecule has 2 N–H and O–H groups in total. The molecule has 1 nitrogen and oxygen atoms in total. The molecule has 0 saturated heterocycles. The molecule has 0 aromatic heterocycles. The fourth-order valence-electron chi connectivity index (χ4n) is 1.77. The lowest BCUT2D eigenvalue weighted by Crippen LogP contribution is -2.12. The predicted octanol–water partition coefficient (Wildman–Crippen LogP) is 4.41. The fraction of sp³-hybridized carbons (Fsp3) is 0.143. The number of hydrogen-bond acceptors (Lipinski definition) is 1. The van der Waals surface area contributed by atoms with Crippen LogP contribution in [0.3, 0.4) is 0 Å². The average Bonchev–Trinajstić information content (AvgIpc) is 2.37. The molecule has 1 atom stereocenters. The first kappa shape index (κ1) is 13.9. The highest BCUT2D eigenvalue weighted by atomic mass is 35.5. The summed E-state index contributed by atoms with van der Waals surface area (Å²) in [4.78, 5) is 0. The lowest BCUT2D eigenvalue weighted by atomic mass is 9.98. The molecule has 0 fully saturated rings. The van der Waals surface area contributed by atoms with Gasteiger partial charge in [0.05, 0.1) is 11.6 Å². The molecule has 5 heteroatoms. The van der Waals surface area contributed by atoms with Crippen molar-refractivity contribution in [3.8, 4) is 0 Å². The molecular formula is C14H11ClF3N. The first-order valence-corrected chi connectivity index (χ1v) is 5.94. The lowest BCUT2D eigenvalue weighted by Gasteiger charge is -2.14. The monoisotopic (exact) mass is 285 g/mol. The van der Waals surface area contributed by atoms with E-state index in [1.807, 2.05) is 0 Å². The van der Waals surface area contributed by atoms with Crippen molar-refractivity contribution in [2.24, 2.45) is 5.73 Å². The first-order chi connectivity index (χ1) is 8.88. The van der Waals surface area contributed by atoms with Gasteiger partial charge in [0.15, 0.2) is 0 Å². The molecule has 0 spiro atoms. The Morgan fingerprint density at radius 2 is 1.58 bits per heavy atom. The van der Waals surface area contributed by atoms with E-state index >= 15 is 0 Å². The van der Waals surface area contributed by atoms with Gasteiger partial charge in [0.2, 0.25) is 0 Å². The Hall–Kier alpha value is -1.52. The van der Waals surface area contributed by atoms with Gasteiger partial charge < -0.3 is 5.73 Å². The molecule has 2 aromatic carbocycles. The van der Waals surface area contributed by atoms with E-state index in [-0.39, 0.29) is 0 Å². The van der Waals surface area contributed by atoms with Crippen molar-refractivity contribution >= 4 is 11.6 Å². The summed E-state index contributed by atoms with van der Waals surface area (Å²) in [6, 6.07) is 11.3. The van der Waals surface area contributed by atoms with Crippen LogP contribution in [0.25, 0.3) is 0 Å². The Labute approximate surface area is 113 Å². The van der Waals surface area contributed by atoms with Crippen LogP contribution in [0.15, 0.2) is 48.5 Å². The Bertz CT molecular complexity index is 564. The van der Waals surface area contributed by atoms with Crippen molar-refractivity contribution in [1.29, 1.82) is 0 Å². The van der Waals surface area contributed by atoms with Crippen molar-refractivity contribution in [2.75, 3.05) is 0 Å². The molecule has 0 bridgehead atoms. The summed E-state index contributed by atoms with van der Waals surface area (Å²) in [6.45, 7) is 0. The number of rotatable bonds is 2. The van der Waals surface area contributed by atoms with Gasteiger partial charge in [-0.15, -0.1) is 0 Å². The van der Waals surface area contributed by atoms with E-state index in [2.05, 4.69) is 0 Å². The van der Waals surface area contributed by atoms with Gasteiger partial charge in [-0.3, -0.25) is 0 Å². The van der Waals surface area contributed by atoms with Gasteiger partial charge >= 0.3 is 6.18 Å². The zero-order chi connectivity index (χ0) is 14.0. The van der Waals surface area contributed by atoms with Crippen LogP contribution in [0.5, 0.6) is 0 Å². The van der Waals surface area contributed by atoms with Gasteiger partial charge in [0.25, 0.3) is 0 Å². The molecule has 0 saturated carbocycles. The third-order valence-electron chi connectivity index (χ3n) is 2.80. The van der Waals surface area contributed by atoms with Crippen molar-refractivity contribution < 1.29 is 13.2 Å². The van der Waals surface area contributed by atoms with Crippen molar-refractivity contribution in [2.45, 2.75) is 12.2 Å². The number of alkyl halides is 3. The zero-order valence-corrected chi connectivity index (χ0v) is 10.5. The molecule has 0 aliphatic rings. The fourth-order valence-corrected chi connectivity index (χ4v) is 1.97. The van der Waals surface area contributed by atoms with Crippen LogP contribution >= 0.6 is 11.6 Å². The molecule has 0 aliphatic heterocycles. The van der Waals surface area contributed by atoms with Gasteiger partial charge in [-0.25, -0.2) is 0 Å². The molecule has 0 aliphatic carbocycles. The molecule has 0 heterocycles. The molecule has 19 heavy (non-hydrogen) atoms. The maximum atomic E-state index is 12.4. The third-order valence-corrected chi connectivity index (χ3v) is 3.04. The zero-order valence-electron chi connectivity index (χ0n) is 9.79. The van der Waals surface area contributed by atoms with E-state index in [4.69, 9.17) is 17.3 Å². The number of nitrogens with two attached hydrogens (primary N) is 1. The molecular weight excluding hydrogens is 275 g/mol. The maximum absolute atomic E-state index is 12.4. The van der Waals surface area contributed by atoms with E-state index in [0.717, 1.165) is 17.7 Å². The van der Waals surface area contributed by atoms with Gasteiger partial charge in [0.1, 0.15) is 0 Å². The van der Waals surface area contributed by atoms with Gasteiger partial charge in [-0.1, -0.05) is 35.9 Å². The Morgan fingerprint density at radius 3 is 2.11 bits per heavy atom. The first-order valence-electron chi connectivity index (χ1n) is 5.56. The molecule has 2 rings (SSSR count). The van der Waals surface area contributed by atoms with Crippen molar-refractivity contribution in [1.82, 2.24) is 0 Å². The van der Waals surface area contributed by atoms with E-state index in [9.17, 15) is 13.2 Å². The van der Waals surface area contributed by atoms with Crippen molar-refractivity contribution in [3.63, 3.8) is 0 Å². The van der Waals surface area contributed by atoms with Crippen molar-refractivity contribution in [3.05, 3.63) is 70.2 Å². The van der Waals surface area contributed by atoms with Crippen LogP contribution < -0.4 is 5.73 Å². The quantitative estimate of drug-likeness (QED) is 0.869. The van der Waals surface area contributed by atoms with E-state index in [0.29, 0.717) is 10.6 Å². The molecule has 1 unspecified atom stereocenters. The summed E-state index contributed by atoms with van der Waals surface area (Å²) in [7, 11) is 0. The van der Waals surface area contributed by atoms with E-state index in [1.165, 1.54) is 12.1 Å². The van der Waals surface area contributed by atoms with E-state index in [1.54, 1.807) is 24.3 Å². The Kier molecular flexibility index (Phi) is 3.83. The van der Waals surface area contributed by atoms with Gasteiger partial charge in [-0.2, -0.15) is 13.2 Å². The van der Waals surface area contributed by atoms with Crippen LogP contribution in [0.4, 0.5) is 13.2 Å². The van der Waals surface area contributed by atoms with Crippen LogP contribution in [-0.2, 0) is 6.18 Å². The van der Waals surface area contributed by atoms with Crippen LogP contribution in [0.2, 0.25) is 5.02 Å². The summed E-state index contributed by atoms with van der Waals surface area (Å²) >= 11 is 5.86. The topological polar surface area (TPSA) is 26.0 Å². The minimum atomic E-state index is -4.33. The number of halogens is 4. The predicted molar refractivity (Wildman–Crippen MR) is 68.9 cm³/mol. The van der Waals surface area contributed by atoms with Crippen LogP contribution in [-0.4, -0.2) is 0 Å². The highest BCUT2D eigenvalue weighted by molar-refractivity contribution is 6.30. The second-order valence-corrected chi connectivity index (χ2v) is 4.59. The Morgan fingerprint density at radius 1 is 0.947 bits per heavy atom. The summed E-state index contributed by atoms with van der Waals surface area (Å²) in [6.07, 6.45) is -4.33. The van der Waals surface area contributed by atoms with E-state index < -0.39 is 17.8 Å².